The van der Waals surface area contributed by atoms with Crippen molar-refractivity contribution in [3.8, 4) is 0 Å². The molecule has 106 valence electrons. The monoisotopic (exact) mass is 335 g/mol. The topological polar surface area (TPSA) is 54.2 Å². The maximum atomic E-state index is 4.90. The first-order chi connectivity index (χ1) is 9.84. The van der Waals surface area contributed by atoms with Gasteiger partial charge in [-0.25, -0.2) is 9.50 Å². The number of fused-ring (bicyclic) bond motifs is 3. The molecule has 0 unspecified atom stereocenters. The van der Waals surface area contributed by atoms with E-state index in [1.54, 1.807) is 0 Å². The minimum Gasteiger partial charge on any atom is -0.317 e. The van der Waals surface area contributed by atoms with Crippen LogP contribution in [0.25, 0.3) is 5.65 Å². The summed E-state index contributed by atoms with van der Waals surface area (Å²) >= 11 is 3.73. The number of rotatable bonds is 1. The molecule has 2 aromatic rings. The number of piperidine rings is 1. The van der Waals surface area contributed by atoms with E-state index >= 15 is 0 Å². The molecule has 20 heavy (non-hydrogen) atoms. The van der Waals surface area contributed by atoms with E-state index in [1.165, 1.54) is 17.0 Å². The zero-order chi connectivity index (χ0) is 13.5. The maximum absolute atomic E-state index is 4.90. The summed E-state index contributed by atoms with van der Waals surface area (Å²) in [5.41, 5.74) is 4.75. The molecule has 2 aliphatic rings. The van der Waals surface area contributed by atoms with Gasteiger partial charge in [0, 0.05) is 37.2 Å². The van der Waals surface area contributed by atoms with Gasteiger partial charge in [0.25, 0.3) is 0 Å². The first kappa shape index (κ1) is 12.7. The molecule has 0 aliphatic carbocycles. The molecule has 0 aromatic carbocycles. The number of nitrogens with one attached hydrogen (secondary N) is 2. The Bertz CT molecular complexity index is 645. The van der Waals surface area contributed by atoms with Crippen molar-refractivity contribution in [3.05, 3.63) is 27.6 Å². The lowest BCUT2D eigenvalue weighted by Gasteiger charge is -2.21. The van der Waals surface area contributed by atoms with Crippen LogP contribution in [-0.2, 0) is 13.0 Å². The largest absolute Gasteiger partial charge is 0.317 e. The lowest BCUT2D eigenvalue weighted by atomic mass is 9.95. The summed E-state index contributed by atoms with van der Waals surface area (Å²) in [5, 5.41) is 11.7. The molecule has 0 radical (unpaired) electrons. The zero-order valence-corrected chi connectivity index (χ0v) is 12.9. The molecule has 2 aromatic heterocycles. The lowest BCUT2D eigenvalue weighted by molar-refractivity contribution is 0.450. The molecule has 1 saturated heterocycles. The van der Waals surface area contributed by atoms with E-state index in [4.69, 9.17) is 5.10 Å². The number of aromatic nitrogens is 3. The van der Waals surface area contributed by atoms with Crippen LogP contribution in [0.1, 0.15) is 35.7 Å². The Kier molecular flexibility index (Phi) is 3.24. The van der Waals surface area contributed by atoms with Crippen molar-refractivity contribution in [1.29, 1.82) is 0 Å². The smallest absolute Gasteiger partial charge is 0.169 e. The lowest BCUT2D eigenvalue weighted by Crippen LogP contribution is -2.27. The van der Waals surface area contributed by atoms with Crippen LogP contribution in [0.15, 0.2) is 10.7 Å². The fraction of sp³-hybridized carbons (Fsp3) is 0.571. The first-order valence-electron chi connectivity index (χ1n) is 7.31. The molecular formula is C14H18BrN5. The van der Waals surface area contributed by atoms with Crippen LogP contribution in [0.5, 0.6) is 0 Å². The first-order valence-corrected chi connectivity index (χ1v) is 8.10. The summed E-state index contributed by atoms with van der Waals surface area (Å²) in [6.07, 6.45) is 5.34. The summed E-state index contributed by atoms with van der Waals surface area (Å²) in [4.78, 5) is 4.61. The summed E-state index contributed by atoms with van der Waals surface area (Å²) in [7, 11) is 0. The molecule has 4 heterocycles. The standard InChI is InChI=1S/C14H18BrN5/c15-12-13(9-1-4-16-5-2-9)19-20-11-3-6-17-7-10(11)8-18-14(12)20/h8-9,16-17H,1-7H2. The van der Waals surface area contributed by atoms with Crippen LogP contribution in [0.4, 0.5) is 0 Å². The molecule has 0 saturated carbocycles. The second kappa shape index (κ2) is 5.09. The van der Waals surface area contributed by atoms with Gasteiger partial charge < -0.3 is 10.6 Å². The van der Waals surface area contributed by atoms with Crippen molar-refractivity contribution in [2.24, 2.45) is 0 Å². The Morgan fingerprint density at radius 2 is 2.05 bits per heavy atom. The van der Waals surface area contributed by atoms with Crippen molar-refractivity contribution in [1.82, 2.24) is 25.2 Å². The number of hydrogen-bond donors (Lipinski definition) is 2. The highest BCUT2D eigenvalue weighted by atomic mass is 79.9. The van der Waals surface area contributed by atoms with Crippen LogP contribution < -0.4 is 10.6 Å². The molecule has 4 rings (SSSR count). The predicted molar refractivity (Wildman–Crippen MR) is 80.9 cm³/mol. The number of halogens is 1. The fourth-order valence-electron chi connectivity index (χ4n) is 3.26. The predicted octanol–water partition coefficient (Wildman–Crippen LogP) is 1.60. The highest BCUT2D eigenvalue weighted by molar-refractivity contribution is 9.10. The van der Waals surface area contributed by atoms with Crippen molar-refractivity contribution >= 4 is 21.6 Å². The third-order valence-electron chi connectivity index (χ3n) is 4.38. The quantitative estimate of drug-likeness (QED) is 0.831. The molecule has 0 spiro atoms. The Balaban J connectivity index is 1.84. The molecule has 1 fully saturated rings. The van der Waals surface area contributed by atoms with Gasteiger partial charge in [-0.05, 0) is 41.9 Å². The average molecular weight is 336 g/mol. The van der Waals surface area contributed by atoms with Gasteiger partial charge in [-0.15, -0.1) is 0 Å². The van der Waals surface area contributed by atoms with Gasteiger partial charge in [0.2, 0.25) is 0 Å². The van der Waals surface area contributed by atoms with Gasteiger partial charge in [0.15, 0.2) is 5.65 Å². The van der Waals surface area contributed by atoms with E-state index in [1.807, 2.05) is 6.20 Å². The Morgan fingerprint density at radius 3 is 2.90 bits per heavy atom. The highest BCUT2D eigenvalue weighted by Gasteiger charge is 2.24. The molecule has 6 heteroatoms. The molecule has 0 amide bonds. The fourth-order valence-corrected chi connectivity index (χ4v) is 3.93. The van der Waals surface area contributed by atoms with Crippen molar-refractivity contribution in [2.75, 3.05) is 19.6 Å². The van der Waals surface area contributed by atoms with Crippen LogP contribution >= 0.6 is 15.9 Å². The van der Waals surface area contributed by atoms with Crippen molar-refractivity contribution < 1.29 is 0 Å². The van der Waals surface area contributed by atoms with Gasteiger partial charge in [-0.1, -0.05) is 0 Å². The zero-order valence-electron chi connectivity index (χ0n) is 11.3. The molecule has 2 N–H and O–H groups in total. The maximum Gasteiger partial charge on any atom is 0.169 e. The normalized spacial score (nSPS) is 20.2. The molecule has 0 bridgehead atoms. The Morgan fingerprint density at radius 1 is 1.20 bits per heavy atom. The average Bonchev–Trinajstić information content (AvgIpc) is 2.86. The van der Waals surface area contributed by atoms with E-state index in [0.29, 0.717) is 5.92 Å². The van der Waals surface area contributed by atoms with Crippen LogP contribution in [-0.4, -0.2) is 34.2 Å². The molecule has 2 aliphatic heterocycles. The molecular weight excluding hydrogens is 318 g/mol. The van der Waals surface area contributed by atoms with Gasteiger partial charge in [-0.2, -0.15) is 5.10 Å². The van der Waals surface area contributed by atoms with E-state index in [-0.39, 0.29) is 0 Å². The minimum absolute atomic E-state index is 0.546. The number of nitrogens with zero attached hydrogens (tertiary/aromatic N) is 3. The van der Waals surface area contributed by atoms with Gasteiger partial charge in [0.1, 0.15) is 0 Å². The third kappa shape index (κ3) is 1.98. The third-order valence-corrected chi connectivity index (χ3v) is 5.14. The van der Waals surface area contributed by atoms with E-state index in [9.17, 15) is 0 Å². The molecule has 5 nitrogen and oxygen atoms in total. The second-order valence-electron chi connectivity index (χ2n) is 5.62. The SMILES string of the molecule is Brc1c(C2CCNCC2)nn2c3c(cnc12)CNCC3. The van der Waals surface area contributed by atoms with Crippen molar-refractivity contribution in [2.45, 2.75) is 31.7 Å². The van der Waals surface area contributed by atoms with E-state index < -0.39 is 0 Å². The van der Waals surface area contributed by atoms with Gasteiger partial charge in [0.05, 0.1) is 15.9 Å². The Hall–Kier alpha value is -0.980. The van der Waals surface area contributed by atoms with Crippen LogP contribution in [0.2, 0.25) is 0 Å². The second-order valence-corrected chi connectivity index (χ2v) is 6.41. The summed E-state index contributed by atoms with van der Waals surface area (Å²) in [6.45, 7) is 4.09. The Labute approximate surface area is 126 Å². The summed E-state index contributed by atoms with van der Waals surface area (Å²) in [6, 6.07) is 0. The van der Waals surface area contributed by atoms with Crippen LogP contribution in [0.3, 0.4) is 0 Å². The minimum atomic E-state index is 0.546. The van der Waals surface area contributed by atoms with Gasteiger partial charge >= 0.3 is 0 Å². The van der Waals surface area contributed by atoms with Crippen LogP contribution in [0, 0.1) is 0 Å². The molecule has 0 atom stereocenters. The van der Waals surface area contributed by atoms with Gasteiger partial charge in [-0.3, -0.25) is 0 Å². The van der Waals surface area contributed by atoms with E-state index in [0.717, 1.165) is 55.6 Å². The summed E-state index contributed by atoms with van der Waals surface area (Å²) < 4.78 is 3.16. The van der Waals surface area contributed by atoms with Crippen molar-refractivity contribution in [3.63, 3.8) is 0 Å². The number of hydrogen-bond acceptors (Lipinski definition) is 4. The highest BCUT2D eigenvalue weighted by Crippen LogP contribution is 2.33. The summed E-state index contributed by atoms with van der Waals surface area (Å²) in [5.74, 6) is 0.546. The van der Waals surface area contributed by atoms with E-state index in [2.05, 4.69) is 36.1 Å².